The largest absolute Gasteiger partial charge is 0.506 e. The van der Waals surface area contributed by atoms with E-state index in [2.05, 4.69) is 15.4 Å². The highest BCUT2D eigenvalue weighted by atomic mass is 35.5. The number of halogens is 2. The van der Waals surface area contributed by atoms with Gasteiger partial charge in [-0.2, -0.15) is 5.10 Å². The minimum atomic E-state index is -0.718. The Morgan fingerprint density at radius 3 is 2.50 bits per heavy atom. The Balaban J connectivity index is 1.58. The molecule has 0 aliphatic carbocycles. The van der Waals surface area contributed by atoms with Crippen molar-refractivity contribution in [3.8, 4) is 17.0 Å². The Hall–Kier alpha value is -2.98. The maximum absolute atomic E-state index is 12.7. The molecule has 2 amide bonds. The molecule has 1 atom stereocenters. The summed E-state index contributed by atoms with van der Waals surface area (Å²) < 4.78 is 1.81. The number of nitrogens with two attached hydrogens (primary N) is 2. The molecule has 0 bridgehead atoms. The molecule has 1 aliphatic heterocycles. The van der Waals surface area contributed by atoms with E-state index < -0.39 is 6.04 Å². The smallest absolute Gasteiger partial charge is 0.245 e. The van der Waals surface area contributed by atoms with E-state index in [0.717, 1.165) is 18.5 Å². The summed E-state index contributed by atoms with van der Waals surface area (Å²) in [5, 5.41) is 17.4. The predicted octanol–water partition coefficient (Wildman–Crippen LogP) is 2.61. The molecule has 1 aromatic heterocycles. The monoisotopic (exact) mass is 537 g/mol. The normalized spacial score (nSPS) is 15.1. The number of piperidine rings is 1. The van der Waals surface area contributed by atoms with Crippen LogP contribution in [-0.4, -0.2) is 63.2 Å². The number of hydrogen-bond donors (Lipinski definition) is 4. The van der Waals surface area contributed by atoms with E-state index in [1.807, 2.05) is 31.6 Å². The van der Waals surface area contributed by atoms with Crippen molar-refractivity contribution in [1.82, 2.24) is 20.0 Å². The first kappa shape index (κ1) is 27.6. The number of carbonyl (C=O) groups excluding carboxylic acids is 2. The van der Waals surface area contributed by atoms with Crippen LogP contribution in [0.15, 0.2) is 23.2 Å². The number of guanidine groups is 1. The van der Waals surface area contributed by atoms with Crippen molar-refractivity contribution in [2.24, 2.45) is 29.4 Å². The van der Waals surface area contributed by atoms with Crippen LogP contribution in [0, 0.1) is 5.92 Å². The number of amides is 2. The molecule has 1 fully saturated rings. The Kier molecular flexibility index (Phi) is 9.08. The van der Waals surface area contributed by atoms with Crippen LogP contribution in [-0.2, 0) is 16.6 Å². The van der Waals surface area contributed by atoms with Crippen molar-refractivity contribution in [2.45, 2.75) is 45.1 Å². The third kappa shape index (κ3) is 6.61. The van der Waals surface area contributed by atoms with Crippen molar-refractivity contribution >= 4 is 41.0 Å². The van der Waals surface area contributed by atoms with Crippen molar-refractivity contribution in [3.63, 3.8) is 0 Å². The van der Waals surface area contributed by atoms with E-state index in [0.29, 0.717) is 30.8 Å². The lowest BCUT2D eigenvalue weighted by Gasteiger charge is -2.32. The molecule has 0 saturated carbocycles. The van der Waals surface area contributed by atoms with Crippen LogP contribution in [0.2, 0.25) is 10.0 Å². The highest BCUT2D eigenvalue weighted by Gasteiger charge is 2.28. The summed E-state index contributed by atoms with van der Waals surface area (Å²) in [7, 11) is 1.87. The van der Waals surface area contributed by atoms with Crippen molar-refractivity contribution < 1.29 is 14.7 Å². The second-order valence-corrected chi connectivity index (χ2v) is 10.2. The zero-order valence-electron chi connectivity index (χ0n) is 20.7. The average molecular weight is 538 g/mol. The van der Waals surface area contributed by atoms with Crippen LogP contribution in [0.5, 0.6) is 5.75 Å². The lowest BCUT2D eigenvalue weighted by Crippen LogP contribution is -2.46. The molecule has 1 aromatic carbocycles. The predicted molar refractivity (Wildman–Crippen MR) is 141 cm³/mol. The number of benzene rings is 1. The number of phenols is 1. The van der Waals surface area contributed by atoms with Gasteiger partial charge < -0.3 is 26.8 Å². The van der Waals surface area contributed by atoms with Gasteiger partial charge in [-0.1, -0.05) is 37.0 Å². The molecular weight excluding hydrogens is 505 g/mol. The van der Waals surface area contributed by atoms with E-state index in [1.165, 1.54) is 6.07 Å². The number of nitrogens with zero attached hydrogens (tertiary/aromatic N) is 4. The topological polar surface area (TPSA) is 152 Å². The highest BCUT2D eigenvalue weighted by Crippen LogP contribution is 2.39. The SMILES string of the molecule is CC(C)CC(N=C(N)N)C(=O)NCC(=O)N1CCC(c2cc(-c3ccc(O)c(Cl)c3Cl)nn2C)CC1. The highest BCUT2D eigenvalue weighted by molar-refractivity contribution is 6.44. The quantitative estimate of drug-likeness (QED) is 0.300. The maximum Gasteiger partial charge on any atom is 0.245 e. The minimum absolute atomic E-state index is 0.0820. The van der Waals surface area contributed by atoms with E-state index in [1.54, 1.807) is 11.0 Å². The molecule has 1 saturated heterocycles. The van der Waals surface area contributed by atoms with Gasteiger partial charge in [-0.3, -0.25) is 14.3 Å². The van der Waals surface area contributed by atoms with Gasteiger partial charge in [0.05, 0.1) is 17.3 Å². The molecule has 3 rings (SSSR count). The van der Waals surface area contributed by atoms with Crippen molar-refractivity contribution in [1.29, 1.82) is 0 Å². The van der Waals surface area contributed by atoms with Crippen LogP contribution < -0.4 is 16.8 Å². The number of aromatic hydroxyl groups is 1. The maximum atomic E-state index is 12.7. The van der Waals surface area contributed by atoms with Gasteiger partial charge in [0.25, 0.3) is 0 Å². The summed E-state index contributed by atoms with van der Waals surface area (Å²) >= 11 is 12.4. The summed E-state index contributed by atoms with van der Waals surface area (Å²) in [6, 6.07) is 4.42. The fraction of sp³-hybridized carbons (Fsp3) is 0.500. The summed E-state index contributed by atoms with van der Waals surface area (Å²) in [5.74, 6) is -0.326. The number of nitrogens with one attached hydrogen (secondary N) is 1. The van der Waals surface area contributed by atoms with Crippen molar-refractivity contribution in [2.75, 3.05) is 19.6 Å². The lowest BCUT2D eigenvalue weighted by molar-refractivity contribution is -0.134. The van der Waals surface area contributed by atoms with Crippen LogP contribution >= 0.6 is 23.2 Å². The summed E-state index contributed by atoms with van der Waals surface area (Å²) in [4.78, 5) is 31.0. The minimum Gasteiger partial charge on any atom is -0.506 e. The molecule has 2 heterocycles. The first-order valence-electron chi connectivity index (χ1n) is 11.8. The van der Waals surface area contributed by atoms with Gasteiger partial charge in [0.15, 0.2) is 5.96 Å². The standard InChI is InChI=1S/C24H33Cl2N7O3/c1-13(2)10-17(30-24(27)28)23(36)29-12-20(35)33-8-6-14(7-9-33)18-11-16(31-32(18)3)15-4-5-19(34)22(26)21(15)25/h4-5,11,13-14,17,34H,6-10,12H2,1-3H3,(H,29,36)(H4,27,28,30). The number of aliphatic imine (C=N–C) groups is 1. The molecule has 0 radical (unpaired) electrons. The van der Waals surface area contributed by atoms with Gasteiger partial charge in [-0.15, -0.1) is 0 Å². The first-order valence-corrected chi connectivity index (χ1v) is 12.6. The molecule has 2 aromatic rings. The Morgan fingerprint density at radius 2 is 1.89 bits per heavy atom. The van der Waals surface area contributed by atoms with Crippen LogP contribution in [0.25, 0.3) is 11.3 Å². The molecule has 6 N–H and O–H groups in total. The number of carbonyl (C=O) groups is 2. The number of aromatic nitrogens is 2. The van der Waals surface area contributed by atoms with E-state index in [9.17, 15) is 14.7 Å². The van der Waals surface area contributed by atoms with Crippen LogP contribution in [0.4, 0.5) is 0 Å². The van der Waals surface area contributed by atoms with Crippen molar-refractivity contribution in [3.05, 3.63) is 33.9 Å². The molecule has 1 aliphatic rings. The molecule has 36 heavy (non-hydrogen) atoms. The molecule has 10 nitrogen and oxygen atoms in total. The zero-order chi connectivity index (χ0) is 26.6. The average Bonchev–Trinajstić information content (AvgIpc) is 3.21. The fourth-order valence-corrected chi connectivity index (χ4v) is 4.82. The summed E-state index contributed by atoms with van der Waals surface area (Å²) in [5.41, 5.74) is 13.2. The lowest BCUT2D eigenvalue weighted by atomic mass is 9.92. The van der Waals surface area contributed by atoms with Crippen LogP contribution in [0.3, 0.4) is 0 Å². The number of phenolic OH excluding ortho intramolecular Hbond substituents is 1. The van der Waals surface area contributed by atoms with E-state index >= 15 is 0 Å². The summed E-state index contributed by atoms with van der Waals surface area (Å²) in [6.07, 6.45) is 2.00. The number of hydrogen-bond acceptors (Lipinski definition) is 5. The van der Waals surface area contributed by atoms with Gasteiger partial charge in [0.1, 0.15) is 16.8 Å². The van der Waals surface area contributed by atoms with Gasteiger partial charge >= 0.3 is 0 Å². The number of likely N-dealkylation sites (tertiary alicyclic amines) is 1. The fourth-order valence-electron chi connectivity index (χ4n) is 4.39. The second kappa shape index (κ2) is 11.8. The summed E-state index contributed by atoms with van der Waals surface area (Å²) in [6.45, 7) is 4.97. The van der Waals surface area contributed by atoms with E-state index in [-0.39, 0.29) is 51.9 Å². The molecule has 196 valence electrons. The molecular formula is C24H33Cl2N7O3. The Labute approximate surface area is 220 Å². The van der Waals surface area contributed by atoms with Gasteiger partial charge in [-0.25, -0.2) is 4.99 Å². The van der Waals surface area contributed by atoms with Gasteiger partial charge in [-0.05, 0) is 43.4 Å². The van der Waals surface area contributed by atoms with Gasteiger partial charge in [0.2, 0.25) is 11.8 Å². The molecule has 12 heteroatoms. The number of aryl methyl sites for hydroxylation is 1. The Bertz CT molecular complexity index is 1140. The third-order valence-corrected chi connectivity index (χ3v) is 7.11. The zero-order valence-corrected chi connectivity index (χ0v) is 22.2. The number of rotatable bonds is 8. The molecule has 0 spiro atoms. The third-order valence-electron chi connectivity index (χ3n) is 6.24. The molecule has 1 unspecified atom stereocenters. The second-order valence-electron chi connectivity index (χ2n) is 9.41. The van der Waals surface area contributed by atoms with Crippen LogP contribution in [0.1, 0.15) is 44.7 Å². The van der Waals surface area contributed by atoms with Gasteiger partial charge in [0, 0.05) is 37.3 Å². The Morgan fingerprint density at radius 1 is 1.22 bits per heavy atom. The first-order chi connectivity index (χ1) is 17.0. The van der Waals surface area contributed by atoms with E-state index in [4.69, 9.17) is 34.7 Å².